The lowest BCUT2D eigenvalue weighted by atomic mass is 9.93. The molecule has 1 aliphatic carbocycles. The number of hydrogen-bond acceptors (Lipinski definition) is 4. The van der Waals surface area contributed by atoms with E-state index in [-0.39, 0.29) is 17.4 Å². The number of carbonyl (C=O) groups is 2. The van der Waals surface area contributed by atoms with E-state index in [0.717, 1.165) is 28.0 Å². The molecule has 1 aromatic heterocycles. The molecular formula is C26H24ClN3O4. The maximum atomic E-state index is 12.2. The predicted molar refractivity (Wildman–Crippen MR) is 131 cm³/mol. The molecule has 0 fully saturated rings. The molecule has 3 aromatic rings. The Morgan fingerprint density at radius 3 is 2.62 bits per heavy atom. The van der Waals surface area contributed by atoms with Crippen LogP contribution in [0.5, 0.6) is 5.75 Å². The van der Waals surface area contributed by atoms with Gasteiger partial charge in [-0.15, -0.1) is 0 Å². The molecule has 1 aliphatic rings. The normalized spacial score (nSPS) is 15.3. The Hall–Kier alpha value is -3.84. The number of carboxylic acids is 1. The number of allylic oxidation sites excluding steroid dienone is 3. The highest BCUT2D eigenvalue weighted by Gasteiger charge is 2.22. The second-order valence-electron chi connectivity index (χ2n) is 7.95. The monoisotopic (exact) mass is 477 g/mol. The molecule has 0 spiro atoms. The molecule has 34 heavy (non-hydrogen) atoms. The molecular weight excluding hydrogens is 454 g/mol. The Kier molecular flexibility index (Phi) is 6.84. The van der Waals surface area contributed by atoms with E-state index >= 15 is 0 Å². The summed E-state index contributed by atoms with van der Waals surface area (Å²) in [7, 11) is 3.22. The Labute approximate surface area is 202 Å². The summed E-state index contributed by atoms with van der Waals surface area (Å²) in [6.07, 6.45) is 5.92. The van der Waals surface area contributed by atoms with Crippen LogP contribution < -0.4 is 10.1 Å². The molecule has 0 saturated heterocycles. The van der Waals surface area contributed by atoms with Crippen LogP contribution in [0.1, 0.15) is 16.8 Å². The van der Waals surface area contributed by atoms with Crippen molar-refractivity contribution in [3.63, 3.8) is 0 Å². The quantitative estimate of drug-likeness (QED) is 0.512. The third kappa shape index (κ3) is 4.89. The maximum absolute atomic E-state index is 12.2. The number of methoxy groups -OCH3 is 1. The zero-order valence-corrected chi connectivity index (χ0v) is 19.5. The second kappa shape index (κ2) is 9.97. The molecule has 2 aromatic carbocycles. The number of rotatable bonds is 7. The van der Waals surface area contributed by atoms with Gasteiger partial charge in [-0.05, 0) is 59.5 Å². The third-order valence-electron chi connectivity index (χ3n) is 5.78. The molecule has 0 aliphatic heterocycles. The van der Waals surface area contributed by atoms with Crippen molar-refractivity contribution in [2.45, 2.75) is 13.0 Å². The molecule has 1 atom stereocenters. The molecule has 0 saturated carbocycles. The Morgan fingerprint density at radius 1 is 1.18 bits per heavy atom. The zero-order chi connectivity index (χ0) is 24.2. The third-order valence-corrected chi connectivity index (χ3v) is 6.02. The number of carboxylic acid groups (broad SMARTS) is 1. The van der Waals surface area contributed by atoms with Crippen molar-refractivity contribution < 1.29 is 19.4 Å². The van der Waals surface area contributed by atoms with E-state index in [1.165, 1.54) is 0 Å². The highest BCUT2D eigenvalue weighted by atomic mass is 35.5. The van der Waals surface area contributed by atoms with Crippen LogP contribution in [-0.4, -0.2) is 40.9 Å². The molecule has 2 N–H and O–H groups in total. The predicted octanol–water partition coefficient (Wildman–Crippen LogP) is 4.74. The molecule has 7 nitrogen and oxygen atoms in total. The lowest BCUT2D eigenvalue weighted by molar-refractivity contribution is -0.123. The summed E-state index contributed by atoms with van der Waals surface area (Å²) in [5.74, 6) is -0.680. The van der Waals surface area contributed by atoms with Crippen molar-refractivity contribution in [1.29, 1.82) is 0 Å². The fourth-order valence-corrected chi connectivity index (χ4v) is 4.39. The largest absolute Gasteiger partial charge is 0.497 e. The van der Waals surface area contributed by atoms with Gasteiger partial charge >= 0.3 is 5.97 Å². The summed E-state index contributed by atoms with van der Waals surface area (Å²) in [5.41, 5.74) is 4.75. The van der Waals surface area contributed by atoms with Crippen molar-refractivity contribution in [1.82, 2.24) is 15.1 Å². The van der Waals surface area contributed by atoms with Crippen LogP contribution >= 0.6 is 11.6 Å². The lowest BCUT2D eigenvalue weighted by Crippen LogP contribution is -2.28. The Morgan fingerprint density at radius 2 is 1.94 bits per heavy atom. The highest BCUT2D eigenvalue weighted by molar-refractivity contribution is 6.31. The van der Waals surface area contributed by atoms with Gasteiger partial charge in [0.15, 0.2) is 0 Å². The molecule has 1 amide bonds. The van der Waals surface area contributed by atoms with Crippen LogP contribution in [0, 0.1) is 5.92 Å². The second-order valence-corrected chi connectivity index (χ2v) is 8.38. The first-order valence-electron chi connectivity index (χ1n) is 10.7. The minimum Gasteiger partial charge on any atom is -0.497 e. The van der Waals surface area contributed by atoms with E-state index in [4.69, 9.17) is 16.3 Å². The smallest absolute Gasteiger partial charge is 0.335 e. The molecule has 0 bridgehead atoms. The number of nitrogens with one attached hydrogen (secondary N) is 1. The number of carbonyl (C=O) groups excluding carboxylic acids is 1. The van der Waals surface area contributed by atoms with Crippen molar-refractivity contribution in [3.8, 4) is 28.1 Å². The standard InChI is InChI=1S/C26H24ClN3O4/c1-28-25(31)19-11-16(12-20(27)13-19)15-30-24(9-10-29-30)23-14-21(34-2)7-8-22(23)17-3-5-18(6-4-17)26(32)33/h3-10,12-14,19H,11,15H2,1-2H3,(H,28,31)(H,32,33). The summed E-state index contributed by atoms with van der Waals surface area (Å²) in [4.78, 5) is 23.4. The summed E-state index contributed by atoms with van der Waals surface area (Å²) < 4.78 is 7.33. The number of ether oxygens (including phenoxy) is 1. The summed E-state index contributed by atoms with van der Waals surface area (Å²) in [6, 6.07) is 14.4. The topological polar surface area (TPSA) is 93.5 Å². The van der Waals surface area contributed by atoms with Crippen LogP contribution in [0.2, 0.25) is 0 Å². The summed E-state index contributed by atoms with van der Waals surface area (Å²) in [6.45, 7) is 0.467. The van der Waals surface area contributed by atoms with Gasteiger partial charge in [-0.1, -0.05) is 35.9 Å². The first-order chi connectivity index (χ1) is 16.4. The van der Waals surface area contributed by atoms with Crippen molar-refractivity contribution in [3.05, 3.63) is 83.0 Å². The van der Waals surface area contributed by atoms with E-state index in [1.54, 1.807) is 50.7 Å². The SMILES string of the molecule is CNC(=O)C1C=C(Cl)C=C(Cn2nccc2-c2cc(OC)ccc2-c2ccc(C(=O)O)cc2)C1. The average Bonchev–Trinajstić information content (AvgIpc) is 3.30. The zero-order valence-electron chi connectivity index (χ0n) is 18.8. The van der Waals surface area contributed by atoms with Crippen molar-refractivity contribution in [2.75, 3.05) is 14.2 Å². The van der Waals surface area contributed by atoms with Crippen molar-refractivity contribution in [2.24, 2.45) is 5.92 Å². The number of hydrogen-bond donors (Lipinski definition) is 2. The number of amides is 1. The first kappa shape index (κ1) is 23.3. The first-order valence-corrected chi connectivity index (χ1v) is 11.1. The molecule has 8 heteroatoms. The van der Waals surface area contributed by atoms with Crippen LogP contribution in [-0.2, 0) is 11.3 Å². The van der Waals surface area contributed by atoms with Gasteiger partial charge in [0, 0.05) is 23.8 Å². The van der Waals surface area contributed by atoms with Crippen LogP contribution in [0.15, 0.2) is 77.5 Å². The van der Waals surface area contributed by atoms with Crippen LogP contribution in [0.4, 0.5) is 0 Å². The minimum absolute atomic E-state index is 0.0793. The van der Waals surface area contributed by atoms with Crippen LogP contribution in [0.25, 0.3) is 22.4 Å². The molecule has 1 unspecified atom stereocenters. The van der Waals surface area contributed by atoms with Gasteiger partial charge in [-0.2, -0.15) is 5.10 Å². The van der Waals surface area contributed by atoms with Gasteiger partial charge < -0.3 is 15.2 Å². The van der Waals surface area contributed by atoms with E-state index < -0.39 is 5.97 Å². The molecule has 174 valence electrons. The highest BCUT2D eigenvalue weighted by Crippen LogP contribution is 2.36. The van der Waals surface area contributed by atoms with E-state index in [1.807, 2.05) is 35.0 Å². The summed E-state index contributed by atoms with van der Waals surface area (Å²) >= 11 is 6.30. The number of halogens is 1. The Balaban J connectivity index is 1.71. The van der Waals surface area contributed by atoms with E-state index in [9.17, 15) is 14.7 Å². The van der Waals surface area contributed by atoms with E-state index in [0.29, 0.717) is 23.7 Å². The molecule has 0 radical (unpaired) electrons. The average molecular weight is 478 g/mol. The maximum Gasteiger partial charge on any atom is 0.335 e. The van der Waals surface area contributed by atoms with E-state index in [2.05, 4.69) is 10.4 Å². The Bertz CT molecular complexity index is 1290. The van der Waals surface area contributed by atoms with Crippen LogP contribution in [0.3, 0.4) is 0 Å². The number of nitrogens with zero attached hydrogens (tertiary/aromatic N) is 2. The summed E-state index contributed by atoms with van der Waals surface area (Å²) in [5, 5.41) is 17.0. The van der Waals surface area contributed by atoms with Gasteiger partial charge in [-0.3, -0.25) is 9.48 Å². The molecule has 1 heterocycles. The number of aromatic nitrogens is 2. The fraction of sp³-hybridized carbons (Fsp3) is 0.192. The molecule has 4 rings (SSSR count). The van der Waals surface area contributed by atoms with Gasteiger partial charge in [0.2, 0.25) is 5.91 Å². The lowest BCUT2D eigenvalue weighted by Gasteiger charge is -2.20. The number of benzene rings is 2. The minimum atomic E-state index is -0.969. The van der Waals surface area contributed by atoms with Crippen molar-refractivity contribution >= 4 is 23.5 Å². The number of aromatic carboxylic acids is 1. The van der Waals surface area contributed by atoms with Gasteiger partial charge in [0.1, 0.15) is 5.75 Å². The fourth-order valence-electron chi connectivity index (χ4n) is 4.09. The van der Waals surface area contributed by atoms with Gasteiger partial charge in [0.25, 0.3) is 0 Å². The van der Waals surface area contributed by atoms with Gasteiger partial charge in [-0.25, -0.2) is 4.79 Å². The van der Waals surface area contributed by atoms with Gasteiger partial charge in [0.05, 0.1) is 30.8 Å².